The Bertz CT molecular complexity index is 703. The third-order valence-corrected chi connectivity index (χ3v) is 4.65. The van der Waals surface area contributed by atoms with Crippen molar-refractivity contribution in [1.82, 2.24) is 0 Å². The molecule has 1 aliphatic carbocycles. The largest absolute Gasteiger partial charge is 0.496 e. The van der Waals surface area contributed by atoms with E-state index in [1.54, 1.807) is 7.11 Å². The van der Waals surface area contributed by atoms with Crippen LogP contribution in [-0.4, -0.2) is 12.2 Å². The van der Waals surface area contributed by atoms with Crippen LogP contribution >= 0.6 is 0 Å². The zero-order valence-electron chi connectivity index (χ0n) is 13.2. The van der Waals surface area contributed by atoms with Crippen molar-refractivity contribution in [2.75, 3.05) is 7.11 Å². The van der Waals surface area contributed by atoms with Gasteiger partial charge in [0.2, 0.25) is 0 Å². The van der Waals surface area contributed by atoms with Crippen molar-refractivity contribution in [3.8, 4) is 5.75 Å². The summed E-state index contributed by atoms with van der Waals surface area (Å²) in [4.78, 5) is 0. The molecule has 1 unspecified atom stereocenters. The van der Waals surface area contributed by atoms with Crippen molar-refractivity contribution in [2.24, 2.45) is 0 Å². The maximum absolute atomic E-state index is 11.4. The van der Waals surface area contributed by atoms with E-state index in [0.717, 1.165) is 40.8 Å². The number of hydrogen-bond acceptors (Lipinski definition) is 2. The topological polar surface area (TPSA) is 29.5 Å². The molecule has 1 N–H and O–H groups in total. The van der Waals surface area contributed by atoms with Crippen LogP contribution < -0.4 is 4.74 Å². The van der Waals surface area contributed by atoms with Gasteiger partial charge in [-0.15, -0.1) is 0 Å². The van der Waals surface area contributed by atoms with Crippen molar-refractivity contribution in [3.63, 3.8) is 0 Å². The van der Waals surface area contributed by atoms with E-state index in [9.17, 15) is 5.11 Å². The summed E-state index contributed by atoms with van der Waals surface area (Å²) in [5, 5.41) is 11.4. The van der Waals surface area contributed by atoms with Gasteiger partial charge in [0, 0.05) is 0 Å². The molecule has 2 heteroatoms. The molecule has 2 aromatic rings. The van der Waals surface area contributed by atoms with Gasteiger partial charge in [0.05, 0.1) is 7.11 Å². The van der Waals surface area contributed by atoms with E-state index in [-0.39, 0.29) is 0 Å². The number of ether oxygens (including phenoxy) is 1. The molecule has 0 aromatic heterocycles. The minimum Gasteiger partial charge on any atom is -0.496 e. The lowest BCUT2D eigenvalue weighted by molar-refractivity contribution is 0.0821. The summed E-state index contributed by atoms with van der Waals surface area (Å²) >= 11 is 0. The Morgan fingerprint density at radius 1 is 1.00 bits per heavy atom. The standard InChI is InChI=1S/C19H22O2/c1-12-5-6-15-7-8-19(20,17(15)9-12)16-10-14(3)18(21-4)11-13(16)2/h5-6,9-11,20H,7-8H2,1-4H3. The average Bonchev–Trinajstić information content (AvgIpc) is 2.79. The molecule has 3 rings (SSSR count). The van der Waals surface area contributed by atoms with Crippen molar-refractivity contribution in [2.45, 2.75) is 39.2 Å². The van der Waals surface area contributed by atoms with E-state index < -0.39 is 5.60 Å². The number of hydrogen-bond donors (Lipinski definition) is 1. The predicted octanol–water partition coefficient (Wildman–Crippen LogP) is 3.80. The number of aliphatic hydroxyl groups is 1. The van der Waals surface area contributed by atoms with Crippen LogP contribution in [0.2, 0.25) is 0 Å². The van der Waals surface area contributed by atoms with Gasteiger partial charge in [-0.25, -0.2) is 0 Å². The summed E-state index contributed by atoms with van der Waals surface area (Å²) in [6.07, 6.45) is 1.68. The van der Waals surface area contributed by atoms with Gasteiger partial charge < -0.3 is 9.84 Å². The van der Waals surface area contributed by atoms with E-state index in [1.807, 2.05) is 19.9 Å². The van der Waals surface area contributed by atoms with Gasteiger partial charge in [-0.1, -0.05) is 23.8 Å². The first-order chi connectivity index (χ1) is 9.95. The lowest BCUT2D eigenvalue weighted by Gasteiger charge is -2.28. The number of rotatable bonds is 2. The highest BCUT2D eigenvalue weighted by molar-refractivity contribution is 5.52. The molecule has 0 heterocycles. The molecule has 0 saturated carbocycles. The fraction of sp³-hybridized carbons (Fsp3) is 0.368. The average molecular weight is 282 g/mol. The molecular weight excluding hydrogens is 260 g/mol. The predicted molar refractivity (Wildman–Crippen MR) is 85.0 cm³/mol. The highest BCUT2D eigenvalue weighted by atomic mass is 16.5. The highest BCUT2D eigenvalue weighted by Gasteiger charge is 2.39. The summed E-state index contributed by atoms with van der Waals surface area (Å²) < 4.78 is 5.38. The smallest absolute Gasteiger partial charge is 0.122 e. The molecule has 0 amide bonds. The van der Waals surface area contributed by atoms with E-state index in [0.29, 0.717) is 0 Å². The fourth-order valence-electron chi connectivity index (χ4n) is 3.48. The van der Waals surface area contributed by atoms with Crippen LogP contribution in [0.1, 0.15) is 39.8 Å². The molecule has 2 nitrogen and oxygen atoms in total. The Balaban J connectivity index is 2.18. The van der Waals surface area contributed by atoms with Gasteiger partial charge in [0.15, 0.2) is 0 Å². The molecule has 0 saturated heterocycles. The number of benzene rings is 2. The molecule has 0 fully saturated rings. The molecule has 21 heavy (non-hydrogen) atoms. The molecular formula is C19H22O2. The second-order valence-corrected chi connectivity index (χ2v) is 6.16. The Morgan fingerprint density at radius 3 is 2.48 bits per heavy atom. The second-order valence-electron chi connectivity index (χ2n) is 6.16. The molecule has 110 valence electrons. The monoisotopic (exact) mass is 282 g/mol. The van der Waals surface area contributed by atoms with E-state index in [2.05, 4.69) is 31.2 Å². The first-order valence-corrected chi connectivity index (χ1v) is 7.44. The number of aryl methyl sites for hydroxylation is 4. The number of fused-ring (bicyclic) bond motifs is 1. The Labute approximate surface area is 126 Å². The van der Waals surface area contributed by atoms with Crippen LogP contribution in [0.15, 0.2) is 30.3 Å². The van der Waals surface area contributed by atoms with E-state index in [4.69, 9.17) is 4.74 Å². The normalized spacial score (nSPS) is 20.4. The molecule has 0 radical (unpaired) electrons. The van der Waals surface area contributed by atoms with Crippen LogP contribution in [0.25, 0.3) is 0 Å². The maximum atomic E-state index is 11.4. The summed E-state index contributed by atoms with van der Waals surface area (Å²) in [5.74, 6) is 0.877. The van der Waals surface area contributed by atoms with E-state index >= 15 is 0 Å². The van der Waals surface area contributed by atoms with Crippen LogP contribution in [0.5, 0.6) is 5.75 Å². The van der Waals surface area contributed by atoms with Crippen LogP contribution in [0, 0.1) is 20.8 Å². The summed E-state index contributed by atoms with van der Waals surface area (Å²) in [6, 6.07) is 10.5. The maximum Gasteiger partial charge on any atom is 0.122 e. The first-order valence-electron chi connectivity index (χ1n) is 7.44. The Kier molecular flexibility index (Phi) is 3.29. The van der Waals surface area contributed by atoms with E-state index in [1.165, 1.54) is 11.1 Å². The molecule has 1 aliphatic rings. The zero-order chi connectivity index (χ0) is 15.2. The number of methoxy groups -OCH3 is 1. The van der Waals surface area contributed by atoms with Gasteiger partial charge in [-0.3, -0.25) is 0 Å². The Morgan fingerprint density at radius 2 is 1.76 bits per heavy atom. The van der Waals surface area contributed by atoms with Crippen molar-refractivity contribution in [3.05, 3.63) is 63.7 Å². The van der Waals surface area contributed by atoms with Crippen molar-refractivity contribution in [1.29, 1.82) is 0 Å². The van der Waals surface area contributed by atoms with Crippen molar-refractivity contribution >= 4 is 0 Å². The van der Waals surface area contributed by atoms with Gasteiger partial charge in [-0.2, -0.15) is 0 Å². The SMILES string of the molecule is COc1cc(C)c(C2(O)CCc3ccc(C)cc32)cc1C. The van der Waals surface area contributed by atoms with Gasteiger partial charge in [-0.05, 0) is 73.6 Å². The van der Waals surface area contributed by atoms with Crippen molar-refractivity contribution < 1.29 is 9.84 Å². The second kappa shape index (κ2) is 4.88. The van der Waals surface area contributed by atoms with Crippen LogP contribution in [0.4, 0.5) is 0 Å². The van der Waals surface area contributed by atoms with Gasteiger partial charge in [0.25, 0.3) is 0 Å². The summed E-state index contributed by atoms with van der Waals surface area (Å²) in [6.45, 7) is 6.14. The summed E-state index contributed by atoms with van der Waals surface area (Å²) in [5.41, 5.74) is 5.79. The lowest BCUT2D eigenvalue weighted by Crippen LogP contribution is -2.25. The Hall–Kier alpha value is -1.80. The lowest BCUT2D eigenvalue weighted by atomic mass is 9.83. The highest BCUT2D eigenvalue weighted by Crippen LogP contribution is 2.44. The first kappa shape index (κ1) is 14.2. The third kappa shape index (κ3) is 2.14. The van der Waals surface area contributed by atoms with Gasteiger partial charge in [0.1, 0.15) is 11.4 Å². The molecule has 0 bridgehead atoms. The molecule has 2 aromatic carbocycles. The minimum absolute atomic E-state index is 0.748. The van der Waals surface area contributed by atoms with Crippen LogP contribution in [0.3, 0.4) is 0 Å². The minimum atomic E-state index is -0.873. The van der Waals surface area contributed by atoms with Crippen LogP contribution in [-0.2, 0) is 12.0 Å². The zero-order valence-corrected chi connectivity index (χ0v) is 13.2. The molecule has 0 spiro atoms. The molecule has 0 aliphatic heterocycles. The third-order valence-electron chi connectivity index (χ3n) is 4.65. The molecule has 1 atom stereocenters. The quantitative estimate of drug-likeness (QED) is 0.907. The fourth-order valence-corrected chi connectivity index (χ4v) is 3.48. The summed E-state index contributed by atoms with van der Waals surface area (Å²) in [7, 11) is 1.68. The van der Waals surface area contributed by atoms with Gasteiger partial charge >= 0.3 is 0 Å².